The van der Waals surface area contributed by atoms with E-state index in [9.17, 15) is 18.0 Å². The monoisotopic (exact) mass is 329 g/mol. The first kappa shape index (κ1) is 14.3. The Morgan fingerprint density at radius 3 is 2.53 bits per heavy atom. The molecular weight excluding hydrogens is 322 g/mol. The van der Waals surface area contributed by atoms with Crippen molar-refractivity contribution < 1.29 is 18.0 Å². The molecule has 0 fully saturated rings. The number of amides is 1. The average molecular weight is 331 g/mol. The minimum absolute atomic E-state index is 0.0606. The van der Waals surface area contributed by atoms with E-state index in [0.717, 1.165) is 12.1 Å². The molecule has 1 aromatic rings. The van der Waals surface area contributed by atoms with Crippen molar-refractivity contribution in [3.05, 3.63) is 28.3 Å². The zero-order chi connectivity index (χ0) is 13.2. The highest BCUT2D eigenvalue weighted by molar-refractivity contribution is 9.09. The number of rotatable bonds is 2. The molecule has 17 heavy (non-hydrogen) atoms. The van der Waals surface area contributed by atoms with Gasteiger partial charge in [0, 0.05) is 5.69 Å². The minimum atomic E-state index is -4.50. The van der Waals surface area contributed by atoms with Crippen molar-refractivity contribution in [2.45, 2.75) is 13.1 Å². The number of alkyl halides is 4. The van der Waals surface area contributed by atoms with Crippen LogP contribution in [0.5, 0.6) is 0 Å². The molecule has 0 atom stereocenters. The summed E-state index contributed by atoms with van der Waals surface area (Å²) >= 11 is 8.47. The van der Waals surface area contributed by atoms with Crippen molar-refractivity contribution in [3.8, 4) is 0 Å². The summed E-state index contributed by atoms with van der Waals surface area (Å²) in [5, 5.41) is 2.07. The topological polar surface area (TPSA) is 29.1 Å². The summed E-state index contributed by atoms with van der Waals surface area (Å²) < 4.78 is 37.5. The van der Waals surface area contributed by atoms with E-state index >= 15 is 0 Å². The number of hydrogen-bond donors (Lipinski definition) is 1. The number of nitrogens with one attached hydrogen (secondary N) is 1. The smallest absolute Gasteiger partial charge is 0.325 e. The van der Waals surface area contributed by atoms with E-state index in [1.807, 2.05) is 0 Å². The van der Waals surface area contributed by atoms with E-state index in [2.05, 4.69) is 21.2 Å². The first-order valence-electron chi connectivity index (χ1n) is 4.49. The van der Waals surface area contributed by atoms with Crippen molar-refractivity contribution in [2.75, 3.05) is 10.6 Å². The zero-order valence-electron chi connectivity index (χ0n) is 8.66. The Balaban J connectivity index is 3.14. The number of carbonyl (C=O) groups excluding carboxylic acids is 1. The van der Waals surface area contributed by atoms with E-state index in [0.29, 0.717) is 5.56 Å². The fourth-order valence-corrected chi connectivity index (χ4v) is 1.63. The Morgan fingerprint density at radius 2 is 2.06 bits per heavy atom. The lowest BCUT2D eigenvalue weighted by molar-refractivity contribution is -0.137. The van der Waals surface area contributed by atoms with Crippen LogP contribution in [0, 0.1) is 6.92 Å². The van der Waals surface area contributed by atoms with Crippen LogP contribution in [0.3, 0.4) is 0 Å². The third kappa shape index (κ3) is 3.61. The lowest BCUT2D eigenvalue weighted by Crippen LogP contribution is -2.14. The van der Waals surface area contributed by atoms with Crippen LogP contribution < -0.4 is 5.32 Å². The van der Waals surface area contributed by atoms with Gasteiger partial charge in [-0.2, -0.15) is 13.2 Å². The maximum absolute atomic E-state index is 12.5. The van der Waals surface area contributed by atoms with E-state index < -0.39 is 16.8 Å². The average Bonchev–Trinajstić information content (AvgIpc) is 2.21. The maximum atomic E-state index is 12.5. The minimum Gasteiger partial charge on any atom is -0.325 e. The van der Waals surface area contributed by atoms with Crippen molar-refractivity contribution in [1.82, 2.24) is 0 Å². The van der Waals surface area contributed by atoms with Crippen LogP contribution in [0.25, 0.3) is 0 Å². The van der Waals surface area contributed by atoms with Gasteiger partial charge in [-0.25, -0.2) is 0 Å². The molecule has 0 aromatic heterocycles. The molecule has 2 nitrogen and oxygen atoms in total. The van der Waals surface area contributed by atoms with Gasteiger partial charge < -0.3 is 5.32 Å². The first-order chi connectivity index (χ1) is 7.75. The summed E-state index contributed by atoms with van der Waals surface area (Å²) in [5.74, 6) is -0.357. The van der Waals surface area contributed by atoms with Gasteiger partial charge in [-0.05, 0) is 24.6 Å². The second-order valence-electron chi connectivity index (χ2n) is 3.33. The molecule has 0 radical (unpaired) electrons. The van der Waals surface area contributed by atoms with Crippen LogP contribution in [0.2, 0.25) is 5.02 Å². The SMILES string of the molecule is Cc1cc(C(F)(F)F)c(Cl)cc1NC(=O)CBr. The molecule has 0 heterocycles. The molecule has 1 rings (SSSR count). The predicted octanol–water partition coefficient (Wildman–Crippen LogP) is 4.00. The highest BCUT2D eigenvalue weighted by Gasteiger charge is 2.33. The van der Waals surface area contributed by atoms with Crippen molar-refractivity contribution in [2.24, 2.45) is 0 Å². The third-order valence-electron chi connectivity index (χ3n) is 2.01. The number of hydrogen-bond acceptors (Lipinski definition) is 1. The van der Waals surface area contributed by atoms with E-state index in [1.54, 1.807) is 0 Å². The van der Waals surface area contributed by atoms with Crippen LogP contribution in [0.15, 0.2) is 12.1 Å². The molecule has 0 saturated heterocycles. The molecular formula is C10H8BrClF3NO. The van der Waals surface area contributed by atoms with Gasteiger partial charge >= 0.3 is 6.18 Å². The molecule has 0 bridgehead atoms. The van der Waals surface area contributed by atoms with Crippen molar-refractivity contribution in [3.63, 3.8) is 0 Å². The molecule has 7 heteroatoms. The molecule has 0 aliphatic rings. The van der Waals surface area contributed by atoms with Gasteiger partial charge in [-0.15, -0.1) is 0 Å². The van der Waals surface area contributed by atoms with Gasteiger partial charge in [-0.1, -0.05) is 27.5 Å². The number of benzene rings is 1. The third-order valence-corrected chi connectivity index (χ3v) is 2.84. The Bertz CT molecular complexity index is 448. The molecule has 94 valence electrons. The fourth-order valence-electron chi connectivity index (χ4n) is 1.22. The summed E-state index contributed by atoms with van der Waals surface area (Å²) in [7, 11) is 0. The highest BCUT2D eigenvalue weighted by atomic mass is 79.9. The summed E-state index contributed by atoms with van der Waals surface area (Å²) in [6.07, 6.45) is -4.50. The number of carbonyl (C=O) groups is 1. The van der Waals surface area contributed by atoms with Crippen LogP contribution >= 0.6 is 27.5 Å². The van der Waals surface area contributed by atoms with E-state index in [4.69, 9.17) is 11.6 Å². The van der Waals surface area contributed by atoms with Gasteiger partial charge in [0.25, 0.3) is 0 Å². The fraction of sp³-hybridized carbons (Fsp3) is 0.300. The van der Waals surface area contributed by atoms with Gasteiger partial charge in [0.2, 0.25) is 5.91 Å². The standard InChI is InChI=1S/C10H8BrClF3NO/c1-5-2-6(10(13,14)15)7(12)3-8(5)16-9(17)4-11/h2-3H,4H2,1H3,(H,16,17). The quantitative estimate of drug-likeness (QED) is 0.816. The van der Waals surface area contributed by atoms with Gasteiger partial charge in [-0.3, -0.25) is 4.79 Å². The number of anilines is 1. The zero-order valence-corrected chi connectivity index (χ0v) is 11.0. The summed E-state index contributed by atoms with van der Waals surface area (Å²) in [5.41, 5.74) is -0.336. The van der Waals surface area contributed by atoms with Crippen molar-refractivity contribution in [1.29, 1.82) is 0 Å². The maximum Gasteiger partial charge on any atom is 0.417 e. The molecule has 0 unspecified atom stereocenters. The second kappa shape index (κ2) is 5.27. The number of aryl methyl sites for hydroxylation is 1. The Hall–Kier alpha value is -0.750. The lowest BCUT2D eigenvalue weighted by Gasteiger charge is -2.13. The van der Waals surface area contributed by atoms with Crippen LogP contribution in [-0.2, 0) is 11.0 Å². The van der Waals surface area contributed by atoms with Gasteiger partial charge in [0.1, 0.15) is 0 Å². The largest absolute Gasteiger partial charge is 0.417 e. The van der Waals surface area contributed by atoms with Crippen LogP contribution in [0.1, 0.15) is 11.1 Å². The molecule has 0 aliphatic carbocycles. The Morgan fingerprint density at radius 1 is 1.47 bits per heavy atom. The second-order valence-corrected chi connectivity index (χ2v) is 4.29. The normalized spacial score (nSPS) is 11.4. The predicted molar refractivity (Wildman–Crippen MR) is 63.6 cm³/mol. The molecule has 1 amide bonds. The van der Waals surface area contributed by atoms with Gasteiger partial charge in [0.15, 0.2) is 0 Å². The van der Waals surface area contributed by atoms with Gasteiger partial charge in [0.05, 0.1) is 15.9 Å². The summed E-state index contributed by atoms with van der Waals surface area (Å²) in [4.78, 5) is 11.1. The van der Waals surface area contributed by atoms with Crippen molar-refractivity contribution >= 4 is 39.1 Å². The Kier molecular flexibility index (Phi) is 4.43. The lowest BCUT2D eigenvalue weighted by atomic mass is 10.1. The van der Waals surface area contributed by atoms with E-state index in [-0.39, 0.29) is 16.9 Å². The van der Waals surface area contributed by atoms with Crippen LogP contribution in [-0.4, -0.2) is 11.2 Å². The summed E-state index contributed by atoms with van der Waals surface area (Å²) in [6, 6.07) is 2.01. The Labute approximate surface area is 109 Å². The van der Waals surface area contributed by atoms with Crippen LogP contribution in [0.4, 0.5) is 18.9 Å². The molecule has 0 spiro atoms. The van der Waals surface area contributed by atoms with E-state index in [1.165, 1.54) is 6.92 Å². The molecule has 1 N–H and O–H groups in total. The highest BCUT2D eigenvalue weighted by Crippen LogP contribution is 2.37. The molecule has 0 saturated carbocycles. The summed E-state index contributed by atoms with van der Waals surface area (Å²) in [6.45, 7) is 1.47. The number of halogens is 5. The molecule has 0 aliphatic heterocycles. The molecule has 1 aromatic carbocycles. The first-order valence-corrected chi connectivity index (χ1v) is 5.99.